The number of anilines is 2. The fraction of sp³-hybridized carbons (Fsp3) is 0.500. The number of ether oxygens (including phenoxy) is 1. The predicted octanol–water partition coefficient (Wildman–Crippen LogP) is 1.73. The number of nitrogens with two attached hydrogens (primary N) is 1. The summed E-state index contributed by atoms with van der Waals surface area (Å²) in [5, 5.41) is 2.74. The third kappa shape index (κ3) is 4.03. The average molecular weight is 237 g/mol. The van der Waals surface area contributed by atoms with Crippen molar-refractivity contribution in [2.45, 2.75) is 32.8 Å². The molecule has 1 aromatic heterocycles. The minimum absolute atomic E-state index is 0.128. The number of carbonyl (C=O) groups excluding carboxylic acids is 1. The number of amides is 1. The van der Waals surface area contributed by atoms with Gasteiger partial charge >= 0.3 is 0 Å². The summed E-state index contributed by atoms with van der Waals surface area (Å²) < 4.78 is 5.19. The highest BCUT2D eigenvalue weighted by atomic mass is 16.5. The number of hydrogen-bond donors (Lipinski definition) is 2. The van der Waals surface area contributed by atoms with Gasteiger partial charge in [-0.1, -0.05) is 0 Å². The Morgan fingerprint density at radius 3 is 2.76 bits per heavy atom. The molecule has 0 bridgehead atoms. The lowest BCUT2D eigenvalue weighted by Gasteiger charge is -2.22. The van der Waals surface area contributed by atoms with E-state index in [-0.39, 0.29) is 12.3 Å². The van der Waals surface area contributed by atoms with Crippen molar-refractivity contribution in [3.63, 3.8) is 0 Å². The molecule has 0 saturated heterocycles. The van der Waals surface area contributed by atoms with Crippen molar-refractivity contribution in [3.05, 3.63) is 17.8 Å². The van der Waals surface area contributed by atoms with Gasteiger partial charge < -0.3 is 15.8 Å². The smallest absolute Gasteiger partial charge is 0.228 e. The standard InChI is InChI=1S/C12H19N3O2/c1-8-5-9(13)7-14-11(8)15-10(16)6-12(2,3)17-4/h5,7H,6,13H2,1-4H3,(H,14,15,16). The van der Waals surface area contributed by atoms with Gasteiger partial charge in [0.1, 0.15) is 5.82 Å². The number of nitrogens with zero attached hydrogens (tertiary/aromatic N) is 1. The highest BCUT2D eigenvalue weighted by molar-refractivity contribution is 5.91. The fourth-order valence-electron chi connectivity index (χ4n) is 1.36. The molecule has 0 radical (unpaired) electrons. The molecule has 0 saturated carbocycles. The van der Waals surface area contributed by atoms with E-state index in [0.29, 0.717) is 11.5 Å². The summed E-state index contributed by atoms with van der Waals surface area (Å²) in [4.78, 5) is 15.8. The first-order valence-corrected chi connectivity index (χ1v) is 5.41. The van der Waals surface area contributed by atoms with Crippen molar-refractivity contribution in [3.8, 4) is 0 Å². The molecule has 94 valence electrons. The van der Waals surface area contributed by atoms with Crippen LogP contribution in [0.3, 0.4) is 0 Å². The first-order chi connectivity index (χ1) is 7.84. The van der Waals surface area contributed by atoms with Crippen LogP contribution < -0.4 is 11.1 Å². The second-order valence-corrected chi connectivity index (χ2v) is 4.62. The number of pyridine rings is 1. The molecule has 5 nitrogen and oxygen atoms in total. The van der Waals surface area contributed by atoms with Crippen LogP contribution in [0.2, 0.25) is 0 Å². The van der Waals surface area contributed by atoms with E-state index >= 15 is 0 Å². The maximum Gasteiger partial charge on any atom is 0.228 e. The molecule has 5 heteroatoms. The van der Waals surface area contributed by atoms with Gasteiger partial charge in [0, 0.05) is 7.11 Å². The van der Waals surface area contributed by atoms with Crippen molar-refractivity contribution in [2.24, 2.45) is 0 Å². The molecule has 0 aromatic carbocycles. The monoisotopic (exact) mass is 237 g/mol. The summed E-state index contributed by atoms with van der Waals surface area (Å²) in [5.41, 5.74) is 6.53. The Labute approximate surface area is 101 Å². The number of methoxy groups -OCH3 is 1. The molecule has 3 N–H and O–H groups in total. The van der Waals surface area contributed by atoms with Crippen molar-refractivity contribution < 1.29 is 9.53 Å². The van der Waals surface area contributed by atoms with Gasteiger partial charge in [-0.15, -0.1) is 0 Å². The van der Waals surface area contributed by atoms with Crippen LogP contribution in [-0.2, 0) is 9.53 Å². The molecule has 0 spiro atoms. The molecule has 1 aromatic rings. The summed E-state index contributed by atoms with van der Waals surface area (Å²) in [6.07, 6.45) is 1.79. The van der Waals surface area contributed by atoms with Crippen LogP contribution in [0, 0.1) is 6.92 Å². The van der Waals surface area contributed by atoms with Gasteiger partial charge in [0.2, 0.25) is 5.91 Å². The van der Waals surface area contributed by atoms with Gasteiger partial charge in [0.25, 0.3) is 0 Å². The van der Waals surface area contributed by atoms with Gasteiger partial charge in [0.15, 0.2) is 0 Å². The summed E-state index contributed by atoms with van der Waals surface area (Å²) in [5.74, 6) is 0.410. The quantitative estimate of drug-likeness (QED) is 0.836. The van der Waals surface area contributed by atoms with E-state index in [1.807, 2.05) is 20.8 Å². The SMILES string of the molecule is COC(C)(C)CC(=O)Nc1ncc(N)cc1C. The highest BCUT2D eigenvalue weighted by Crippen LogP contribution is 2.17. The molecule has 0 fully saturated rings. The van der Waals surface area contributed by atoms with E-state index in [9.17, 15) is 4.79 Å². The average Bonchev–Trinajstić information content (AvgIpc) is 2.21. The maximum absolute atomic E-state index is 11.8. The third-order valence-electron chi connectivity index (χ3n) is 2.50. The molecule has 0 aliphatic carbocycles. The Morgan fingerprint density at radius 2 is 2.24 bits per heavy atom. The van der Waals surface area contributed by atoms with Gasteiger partial charge in [-0.2, -0.15) is 0 Å². The van der Waals surface area contributed by atoms with Crippen molar-refractivity contribution in [1.82, 2.24) is 4.98 Å². The molecule has 0 atom stereocenters. The van der Waals surface area contributed by atoms with E-state index in [0.717, 1.165) is 5.56 Å². The van der Waals surface area contributed by atoms with Gasteiger partial charge in [-0.3, -0.25) is 4.79 Å². The largest absolute Gasteiger partial charge is 0.397 e. The number of rotatable bonds is 4. The van der Waals surface area contributed by atoms with E-state index in [1.165, 1.54) is 6.20 Å². The zero-order valence-corrected chi connectivity index (χ0v) is 10.7. The van der Waals surface area contributed by atoms with E-state index < -0.39 is 5.60 Å². The number of aromatic nitrogens is 1. The fourth-order valence-corrected chi connectivity index (χ4v) is 1.36. The van der Waals surface area contributed by atoms with Crippen LogP contribution in [0.1, 0.15) is 25.8 Å². The highest BCUT2D eigenvalue weighted by Gasteiger charge is 2.21. The second-order valence-electron chi connectivity index (χ2n) is 4.62. The molecule has 0 unspecified atom stereocenters. The Hall–Kier alpha value is -1.62. The molecule has 0 aliphatic rings. The molecule has 1 rings (SSSR count). The lowest BCUT2D eigenvalue weighted by Crippen LogP contribution is -2.29. The predicted molar refractivity (Wildman–Crippen MR) is 67.7 cm³/mol. The van der Waals surface area contributed by atoms with Crippen molar-refractivity contribution >= 4 is 17.4 Å². The topological polar surface area (TPSA) is 77.2 Å². The zero-order chi connectivity index (χ0) is 13.1. The van der Waals surface area contributed by atoms with E-state index in [1.54, 1.807) is 13.2 Å². The van der Waals surface area contributed by atoms with Crippen LogP contribution in [-0.4, -0.2) is 23.6 Å². The third-order valence-corrected chi connectivity index (χ3v) is 2.50. The summed E-state index contributed by atoms with van der Waals surface area (Å²) in [6.45, 7) is 5.56. The van der Waals surface area contributed by atoms with Crippen molar-refractivity contribution in [1.29, 1.82) is 0 Å². The summed E-state index contributed by atoms with van der Waals surface area (Å²) in [7, 11) is 1.58. The first kappa shape index (κ1) is 13.4. The number of nitrogen functional groups attached to an aromatic ring is 1. The minimum atomic E-state index is -0.480. The maximum atomic E-state index is 11.8. The molecule has 17 heavy (non-hydrogen) atoms. The van der Waals surface area contributed by atoms with Gasteiger partial charge in [-0.05, 0) is 32.4 Å². The summed E-state index contributed by atoms with van der Waals surface area (Å²) in [6, 6.07) is 1.77. The number of carbonyl (C=O) groups is 1. The minimum Gasteiger partial charge on any atom is -0.397 e. The zero-order valence-electron chi connectivity index (χ0n) is 10.7. The molecular formula is C12H19N3O2. The van der Waals surface area contributed by atoms with Crippen LogP contribution in [0.4, 0.5) is 11.5 Å². The van der Waals surface area contributed by atoms with Crippen LogP contribution in [0.25, 0.3) is 0 Å². The Morgan fingerprint density at radius 1 is 1.59 bits per heavy atom. The van der Waals surface area contributed by atoms with Gasteiger partial charge in [-0.25, -0.2) is 4.98 Å². The summed E-state index contributed by atoms with van der Waals surface area (Å²) >= 11 is 0. The Bertz CT molecular complexity index is 416. The number of aryl methyl sites for hydroxylation is 1. The van der Waals surface area contributed by atoms with E-state index in [2.05, 4.69) is 10.3 Å². The molecule has 1 amide bonds. The van der Waals surface area contributed by atoms with Crippen molar-refractivity contribution in [2.75, 3.05) is 18.2 Å². The first-order valence-electron chi connectivity index (χ1n) is 5.41. The normalized spacial score (nSPS) is 11.3. The number of nitrogens with one attached hydrogen (secondary N) is 1. The van der Waals surface area contributed by atoms with E-state index in [4.69, 9.17) is 10.5 Å². The van der Waals surface area contributed by atoms with Crippen LogP contribution in [0.15, 0.2) is 12.3 Å². The molecule has 1 heterocycles. The van der Waals surface area contributed by atoms with Gasteiger partial charge in [0.05, 0.1) is 23.9 Å². The molecular weight excluding hydrogens is 218 g/mol. The Kier molecular flexibility index (Phi) is 4.07. The lowest BCUT2D eigenvalue weighted by molar-refractivity contribution is -0.121. The van der Waals surface area contributed by atoms with Crippen LogP contribution in [0.5, 0.6) is 0 Å². The number of hydrogen-bond acceptors (Lipinski definition) is 4. The molecule has 0 aliphatic heterocycles. The van der Waals surface area contributed by atoms with Crippen LogP contribution >= 0.6 is 0 Å². The Balaban J connectivity index is 2.69. The lowest BCUT2D eigenvalue weighted by atomic mass is 10.0. The second kappa shape index (κ2) is 5.14.